The third-order valence-electron chi connectivity index (χ3n) is 5.03. The predicted octanol–water partition coefficient (Wildman–Crippen LogP) is 4.00. The van der Waals surface area contributed by atoms with Crippen LogP contribution in [0.15, 0.2) is 57.9 Å². The Morgan fingerprint density at radius 3 is 2.23 bits per heavy atom. The monoisotopic (exact) mass is 432 g/mol. The van der Waals surface area contributed by atoms with Gasteiger partial charge in [0.15, 0.2) is 0 Å². The molecule has 4 rings (SSSR count). The molecule has 0 N–H and O–H groups in total. The fourth-order valence-electron chi connectivity index (χ4n) is 3.22. The molecule has 1 saturated heterocycles. The van der Waals surface area contributed by atoms with Crippen molar-refractivity contribution in [2.75, 3.05) is 31.1 Å². The summed E-state index contributed by atoms with van der Waals surface area (Å²) in [5, 5.41) is 4.06. The van der Waals surface area contributed by atoms with Crippen molar-refractivity contribution in [1.82, 2.24) is 14.4 Å². The van der Waals surface area contributed by atoms with E-state index in [0.29, 0.717) is 42.9 Å². The second kappa shape index (κ2) is 8.23. The number of halogens is 2. The first-order chi connectivity index (χ1) is 14.3. The molecule has 0 bridgehead atoms. The van der Waals surface area contributed by atoms with Gasteiger partial charge >= 0.3 is 6.01 Å². The average Bonchev–Trinajstić information content (AvgIpc) is 3.24. The maximum atomic E-state index is 13.4. The van der Waals surface area contributed by atoms with Crippen LogP contribution >= 0.6 is 0 Å². The first-order valence-corrected chi connectivity index (χ1v) is 10.7. The summed E-state index contributed by atoms with van der Waals surface area (Å²) in [5.74, 6) is -2.38. The zero-order chi connectivity index (χ0) is 21.3. The van der Waals surface area contributed by atoms with Crippen molar-refractivity contribution in [2.45, 2.75) is 24.7 Å². The zero-order valence-corrected chi connectivity index (χ0v) is 17.5. The Morgan fingerprint density at radius 1 is 1.00 bits per heavy atom. The number of anilines is 1. The van der Waals surface area contributed by atoms with E-state index in [1.54, 1.807) is 0 Å². The summed E-state index contributed by atoms with van der Waals surface area (Å²) in [6, 6.07) is 14.0. The van der Waals surface area contributed by atoms with E-state index < -0.39 is 16.9 Å². The van der Waals surface area contributed by atoms with Gasteiger partial charge in [0.1, 0.15) is 11.0 Å². The highest BCUT2D eigenvalue weighted by Crippen LogP contribution is 2.28. The molecule has 1 aliphatic rings. The standard InChI is InChI=1S/C21H22F2N4O2S/c1-15-3-5-16(6-4-15)19-24-20(29-25-19)26-11-13-27(14-12-26)30(28)18-9-7-17(8-10-18)21(2,22)23/h3-10H,11-14H2,1-2H3. The number of hydrogen-bond acceptors (Lipinski definition) is 5. The highest BCUT2D eigenvalue weighted by atomic mass is 32.2. The largest absolute Gasteiger partial charge is 0.324 e. The lowest BCUT2D eigenvalue weighted by molar-refractivity contribution is 0.0174. The number of rotatable bonds is 5. The van der Waals surface area contributed by atoms with Crippen molar-refractivity contribution in [2.24, 2.45) is 0 Å². The van der Waals surface area contributed by atoms with E-state index in [4.69, 9.17) is 4.52 Å². The van der Waals surface area contributed by atoms with Crippen LogP contribution in [-0.4, -0.2) is 44.8 Å². The minimum Gasteiger partial charge on any atom is -0.322 e. The van der Waals surface area contributed by atoms with E-state index in [9.17, 15) is 13.0 Å². The Balaban J connectivity index is 1.38. The SMILES string of the molecule is Cc1ccc(-c2noc(N3CCN(S(=O)c4ccc(C(C)(F)F)cc4)CC3)n2)cc1. The number of aryl methyl sites for hydroxylation is 1. The van der Waals surface area contributed by atoms with E-state index >= 15 is 0 Å². The average molecular weight is 432 g/mol. The molecule has 3 aromatic rings. The smallest absolute Gasteiger partial charge is 0.322 e. The van der Waals surface area contributed by atoms with E-state index in [1.165, 1.54) is 24.3 Å². The maximum absolute atomic E-state index is 13.4. The molecule has 0 radical (unpaired) electrons. The third-order valence-corrected chi connectivity index (χ3v) is 6.54. The van der Waals surface area contributed by atoms with Gasteiger partial charge in [-0.2, -0.15) is 4.98 Å². The van der Waals surface area contributed by atoms with Gasteiger partial charge in [-0.1, -0.05) is 47.1 Å². The normalized spacial score (nSPS) is 16.6. The highest BCUT2D eigenvalue weighted by molar-refractivity contribution is 7.82. The van der Waals surface area contributed by atoms with Gasteiger partial charge < -0.3 is 9.42 Å². The summed E-state index contributed by atoms with van der Waals surface area (Å²) in [7, 11) is -1.41. The van der Waals surface area contributed by atoms with Crippen molar-refractivity contribution in [3.8, 4) is 11.4 Å². The lowest BCUT2D eigenvalue weighted by Gasteiger charge is -2.32. The topological polar surface area (TPSA) is 62.5 Å². The Kier molecular flexibility index (Phi) is 5.66. The summed E-state index contributed by atoms with van der Waals surface area (Å²) < 4.78 is 46.8. The molecule has 0 amide bonds. The van der Waals surface area contributed by atoms with Gasteiger partial charge in [-0.05, 0) is 19.1 Å². The minimum atomic E-state index is -2.91. The molecule has 1 unspecified atom stereocenters. The number of alkyl halides is 2. The van der Waals surface area contributed by atoms with Crippen LogP contribution in [0.4, 0.5) is 14.8 Å². The minimum absolute atomic E-state index is 0.0890. The predicted molar refractivity (Wildman–Crippen MR) is 111 cm³/mol. The van der Waals surface area contributed by atoms with Crippen LogP contribution in [0.1, 0.15) is 18.1 Å². The first kappa shape index (κ1) is 20.6. The van der Waals surface area contributed by atoms with E-state index in [-0.39, 0.29) is 5.56 Å². The molecule has 2 aromatic carbocycles. The number of hydrogen-bond donors (Lipinski definition) is 0. The van der Waals surface area contributed by atoms with Crippen molar-refractivity contribution in [3.05, 3.63) is 59.7 Å². The zero-order valence-electron chi connectivity index (χ0n) is 16.7. The molecule has 1 aliphatic heterocycles. The van der Waals surface area contributed by atoms with Gasteiger partial charge in [0.25, 0.3) is 5.92 Å². The first-order valence-electron chi connectivity index (χ1n) is 9.62. The molecule has 0 saturated carbocycles. The highest BCUT2D eigenvalue weighted by Gasteiger charge is 2.27. The van der Waals surface area contributed by atoms with Crippen LogP contribution in [0.25, 0.3) is 11.4 Å². The van der Waals surface area contributed by atoms with Gasteiger partial charge in [0, 0.05) is 44.2 Å². The molecular formula is C21H22F2N4O2S. The maximum Gasteiger partial charge on any atom is 0.324 e. The van der Waals surface area contributed by atoms with Crippen LogP contribution < -0.4 is 4.90 Å². The summed E-state index contributed by atoms with van der Waals surface area (Å²) in [5.41, 5.74) is 1.95. The Hall–Kier alpha value is -2.65. The van der Waals surface area contributed by atoms with Gasteiger partial charge in [-0.25, -0.2) is 17.3 Å². The fraction of sp³-hybridized carbons (Fsp3) is 0.333. The van der Waals surface area contributed by atoms with Crippen molar-refractivity contribution in [1.29, 1.82) is 0 Å². The van der Waals surface area contributed by atoms with Crippen LogP contribution in [0.5, 0.6) is 0 Å². The Labute approximate surface area is 176 Å². The number of piperazine rings is 1. The molecule has 158 valence electrons. The van der Waals surface area contributed by atoms with Crippen LogP contribution in [-0.2, 0) is 16.9 Å². The molecule has 2 heterocycles. The lowest BCUT2D eigenvalue weighted by Crippen LogP contribution is -2.47. The Bertz CT molecular complexity index is 1020. The van der Waals surface area contributed by atoms with Crippen LogP contribution in [0.3, 0.4) is 0 Å². The lowest BCUT2D eigenvalue weighted by atomic mass is 10.1. The number of nitrogens with zero attached hydrogens (tertiary/aromatic N) is 4. The van der Waals surface area contributed by atoms with Crippen LogP contribution in [0.2, 0.25) is 0 Å². The fourth-order valence-corrected chi connectivity index (χ4v) is 4.38. The van der Waals surface area contributed by atoms with Gasteiger partial charge in [0.05, 0.1) is 4.90 Å². The molecular weight excluding hydrogens is 410 g/mol. The number of benzene rings is 2. The van der Waals surface area contributed by atoms with Gasteiger partial charge in [-0.15, -0.1) is 0 Å². The third kappa shape index (κ3) is 4.41. The van der Waals surface area contributed by atoms with Crippen molar-refractivity contribution < 1.29 is 17.5 Å². The second-order valence-corrected chi connectivity index (χ2v) is 8.83. The van der Waals surface area contributed by atoms with E-state index in [1.807, 2.05) is 40.4 Å². The van der Waals surface area contributed by atoms with Crippen LogP contribution in [0, 0.1) is 6.92 Å². The van der Waals surface area contributed by atoms with E-state index in [0.717, 1.165) is 18.1 Å². The van der Waals surface area contributed by atoms with E-state index in [2.05, 4.69) is 10.1 Å². The molecule has 1 aromatic heterocycles. The quantitative estimate of drug-likeness (QED) is 0.610. The molecule has 6 nitrogen and oxygen atoms in total. The molecule has 1 atom stereocenters. The summed E-state index contributed by atoms with van der Waals surface area (Å²) in [6.45, 7) is 5.07. The van der Waals surface area contributed by atoms with Gasteiger partial charge in [-0.3, -0.25) is 0 Å². The molecule has 1 fully saturated rings. The molecule has 0 spiro atoms. The van der Waals surface area contributed by atoms with Gasteiger partial charge in [0.2, 0.25) is 5.82 Å². The summed E-state index contributed by atoms with van der Waals surface area (Å²) >= 11 is 0. The number of aromatic nitrogens is 2. The van der Waals surface area contributed by atoms with Crippen molar-refractivity contribution in [3.63, 3.8) is 0 Å². The molecule has 30 heavy (non-hydrogen) atoms. The summed E-state index contributed by atoms with van der Waals surface area (Å²) in [4.78, 5) is 6.94. The second-order valence-electron chi connectivity index (χ2n) is 7.34. The molecule has 0 aliphatic carbocycles. The van der Waals surface area contributed by atoms with Crippen molar-refractivity contribution >= 4 is 17.0 Å². The summed E-state index contributed by atoms with van der Waals surface area (Å²) in [6.07, 6.45) is 0. The molecule has 9 heteroatoms. The Morgan fingerprint density at radius 2 is 1.63 bits per heavy atom.